The van der Waals surface area contributed by atoms with Gasteiger partial charge in [0.05, 0.1) is 0 Å². The maximum atomic E-state index is 11.5. The number of carbonyl (C=O) groups is 1. The third kappa shape index (κ3) is 14.0. The van der Waals surface area contributed by atoms with Gasteiger partial charge in [-0.2, -0.15) is 0 Å². The summed E-state index contributed by atoms with van der Waals surface area (Å²) in [5.74, 6) is 0.114. The lowest BCUT2D eigenvalue weighted by Crippen LogP contribution is -2.54. The van der Waals surface area contributed by atoms with Crippen molar-refractivity contribution in [1.29, 1.82) is 0 Å². The van der Waals surface area contributed by atoms with Crippen LogP contribution in [0.15, 0.2) is 12.7 Å². The van der Waals surface area contributed by atoms with Crippen LogP contribution >= 0.6 is 0 Å². The predicted octanol–water partition coefficient (Wildman–Crippen LogP) is 5.50. The van der Waals surface area contributed by atoms with Gasteiger partial charge in [0.2, 0.25) is 0 Å². The summed E-state index contributed by atoms with van der Waals surface area (Å²) < 4.78 is 24.7. The first kappa shape index (κ1) is 27.9. The van der Waals surface area contributed by atoms with Crippen LogP contribution in [0.1, 0.15) is 33.1 Å². The lowest BCUT2D eigenvalue weighted by Gasteiger charge is -2.41. The van der Waals surface area contributed by atoms with Crippen LogP contribution in [0.2, 0.25) is 50.9 Å². The molecule has 166 valence electrons. The van der Waals surface area contributed by atoms with Crippen LogP contribution in [-0.2, 0) is 22.5 Å². The molecule has 0 aromatic carbocycles. The molecule has 0 amide bonds. The minimum Gasteiger partial charge on any atom is -0.436 e. The molecule has 0 saturated heterocycles. The quantitative estimate of drug-likeness (QED) is 0.157. The molecule has 0 aromatic rings. The van der Waals surface area contributed by atoms with Gasteiger partial charge < -0.3 is 17.7 Å². The molecule has 0 aliphatic carbocycles. The van der Waals surface area contributed by atoms with E-state index in [-0.39, 0.29) is 5.78 Å². The average molecular weight is 449 g/mol. The third-order valence-electron chi connectivity index (χ3n) is 4.62. The second-order valence-corrected chi connectivity index (χ2v) is 21.1. The standard InChI is InChI=1S/C20H44O5Si3/c1-9-20(21)14-12-13-17-28(8,24-26(4,5)18-15-22-10-2)25-27(6,7)19-16-23-11-3/h9H,1,10-19H2,2-8H3. The van der Waals surface area contributed by atoms with Crippen molar-refractivity contribution in [3.05, 3.63) is 12.7 Å². The number of ketones is 1. The zero-order valence-corrected chi connectivity index (χ0v) is 22.4. The Bertz CT molecular complexity index is 431. The van der Waals surface area contributed by atoms with Gasteiger partial charge in [-0.05, 0) is 77.2 Å². The molecule has 0 unspecified atom stereocenters. The maximum absolute atomic E-state index is 11.5. The molecule has 0 rings (SSSR count). The lowest BCUT2D eigenvalue weighted by atomic mass is 10.2. The molecular formula is C20H44O5Si3. The van der Waals surface area contributed by atoms with E-state index in [0.29, 0.717) is 6.42 Å². The number of hydrogen-bond donors (Lipinski definition) is 0. The van der Waals surface area contributed by atoms with Gasteiger partial charge in [-0.3, -0.25) is 4.79 Å². The summed E-state index contributed by atoms with van der Waals surface area (Å²) in [6, 6.07) is 2.87. The molecule has 0 aliphatic rings. The highest BCUT2D eigenvalue weighted by atomic mass is 28.5. The maximum Gasteiger partial charge on any atom is 0.314 e. The zero-order valence-electron chi connectivity index (χ0n) is 19.4. The van der Waals surface area contributed by atoms with Crippen LogP contribution in [-0.4, -0.2) is 57.4 Å². The highest BCUT2D eigenvalue weighted by Gasteiger charge is 2.42. The molecule has 28 heavy (non-hydrogen) atoms. The van der Waals surface area contributed by atoms with Crippen LogP contribution in [0.4, 0.5) is 0 Å². The highest BCUT2D eigenvalue weighted by Crippen LogP contribution is 2.29. The van der Waals surface area contributed by atoms with Crippen molar-refractivity contribution in [2.75, 3.05) is 26.4 Å². The van der Waals surface area contributed by atoms with Crippen LogP contribution in [0.5, 0.6) is 0 Å². The van der Waals surface area contributed by atoms with Gasteiger partial charge in [0.25, 0.3) is 0 Å². The van der Waals surface area contributed by atoms with Gasteiger partial charge in [-0.1, -0.05) is 13.0 Å². The van der Waals surface area contributed by atoms with Crippen LogP contribution < -0.4 is 0 Å². The predicted molar refractivity (Wildman–Crippen MR) is 125 cm³/mol. The number of ether oxygens (including phenoxy) is 2. The molecule has 0 aromatic heterocycles. The van der Waals surface area contributed by atoms with E-state index >= 15 is 0 Å². The smallest absolute Gasteiger partial charge is 0.314 e. The SMILES string of the molecule is C=CC(=O)CCCC[Si](C)(O[Si](C)(C)CCOCC)O[Si](C)(C)CCOCC. The van der Waals surface area contributed by atoms with E-state index in [2.05, 4.69) is 39.3 Å². The summed E-state index contributed by atoms with van der Waals surface area (Å²) in [6.45, 7) is 21.8. The molecule has 0 heterocycles. The largest absolute Gasteiger partial charge is 0.436 e. The van der Waals surface area contributed by atoms with Gasteiger partial charge in [0, 0.05) is 32.8 Å². The Morgan fingerprint density at radius 1 is 0.821 bits per heavy atom. The van der Waals surface area contributed by atoms with E-state index in [1.54, 1.807) is 0 Å². The van der Waals surface area contributed by atoms with Gasteiger partial charge in [0.1, 0.15) is 0 Å². The molecule has 0 fully saturated rings. The molecule has 0 aliphatic heterocycles. The average Bonchev–Trinajstić information content (AvgIpc) is 2.57. The summed E-state index contributed by atoms with van der Waals surface area (Å²) in [5.41, 5.74) is 0. The van der Waals surface area contributed by atoms with Gasteiger partial charge in [-0.15, -0.1) is 0 Å². The van der Waals surface area contributed by atoms with E-state index < -0.39 is 25.2 Å². The minimum atomic E-state index is -2.35. The van der Waals surface area contributed by atoms with Crippen molar-refractivity contribution < 1.29 is 22.5 Å². The van der Waals surface area contributed by atoms with Gasteiger partial charge >= 0.3 is 8.56 Å². The molecule has 0 atom stereocenters. The molecule has 5 nitrogen and oxygen atoms in total. The summed E-state index contributed by atoms with van der Waals surface area (Å²) in [7, 11) is -6.11. The van der Waals surface area contributed by atoms with Crippen molar-refractivity contribution in [1.82, 2.24) is 0 Å². The van der Waals surface area contributed by atoms with E-state index in [1.807, 2.05) is 13.8 Å². The normalized spacial score (nSPS) is 13.0. The summed E-state index contributed by atoms with van der Waals surface area (Å²) in [4.78, 5) is 11.5. The van der Waals surface area contributed by atoms with Crippen molar-refractivity contribution >= 4 is 31.0 Å². The van der Waals surface area contributed by atoms with E-state index in [0.717, 1.165) is 57.4 Å². The van der Waals surface area contributed by atoms with Crippen molar-refractivity contribution in [2.24, 2.45) is 0 Å². The van der Waals surface area contributed by atoms with E-state index in [9.17, 15) is 4.79 Å². The summed E-state index contributed by atoms with van der Waals surface area (Å²) in [5, 5.41) is 0. The number of carbonyl (C=O) groups excluding carboxylic acids is 1. The van der Waals surface area contributed by atoms with Crippen molar-refractivity contribution in [3.8, 4) is 0 Å². The second kappa shape index (κ2) is 14.0. The number of hydrogen-bond acceptors (Lipinski definition) is 5. The highest BCUT2D eigenvalue weighted by molar-refractivity contribution is 6.88. The van der Waals surface area contributed by atoms with E-state index in [4.69, 9.17) is 17.7 Å². The van der Waals surface area contributed by atoms with Gasteiger partial charge in [-0.25, -0.2) is 0 Å². The Morgan fingerprint density at radius 2 is 1.29 bits per heavy atom. The minimum absolute atomic E-state index is 0.114. The number of unbranched alkanes of at least 4 members (excludes halogenated alkanes) is 1. The lowest BCUT2D eigenvalue weighted by molar-refractivity contribution is -0.114. The van der Waals surface area contributed by atoms with Crippen LogP contribution in [0, 0.1) is 0 Å². The monoisotopic (exact) mass is 448 g/mol. The third-order valence-corrected chi connectivity index (χ3v) is 16.6. The molecule has 0 N–H and O–H groups in total. The fourth-order valence-corrected chi connectivity index (χ4v) is 16.9. The Labute approximate surface area is 176 Å². The molecular weight excluding hydrogens is 404 g/mol. The summed E-state index contributed by atoms with van der Waals surface area (Å²) in [6.07, 6.45) is 3.79. The Balaban J connectivity index is 5.00. The zero-order chi connectivity index (χ0) is 21.7. The Hall–Kier alpha value is -0.0994. The summed E-state index contributed by atoms with van der Waals surface area (Å²) >= 11 is 0. The Morgan fingerprint density at radius 3 is 1.68 bits per heavy atom. The van der Waals surface area contributed by atoms with Crippen molar-refractivity contribution in [2.45, 2.75) is 84.0 Å². The molecule has 8 heteroatoms. The second-order valence-electron chi connectivity index (χ2n) is 8.63. The van der Waals surface area contributed by atoms with Crippen LogP contribution in [0.3, 0.4) is 0 Å². The Kier molecular flexibility index (Phi) is 14.0. The first-order valence-corrected chi connectivity index (χ1v) is 19.5. The molecule has 0 radical (unpaired) electrons. The topological polar surface area (TPSA) is 54.0 Å². The van der Waals surface area contributed by atoms with Crippen molar-refractivity contribution in [3.63, 3.8) is 0 Å². The first-order valence-electron chi connectivity index (χ1n) is 10.7. The molecule has 0 bridgehead atoms. The first-order chi connectivity index (χ1) is 13.0. The number of allylic oxidation sites excluding steroid dienone is 1. The van der Waals surface area contributed by atoms with E-state index in [1.165, 1.54) is 6.08 Å². The fraction of sp³-hybridized carbons (Fsp3) is 0.850. The fourth-order valence-electron chi connectivity index (χ4n) is 3.17. The molecule has 0 spiro atoms. The van der Waals surface area contributed by atoms with Crippen LogP contribution in [0.25, 0.3) is 0 Å². The number of rotatable bonds is 18. The van der Waals surface area contributed by atoms with Gasteiger partial charge in [0.15, 0.2) is 22.4 Å². The molecule has 0 saturated carbocycles.